The van der Waals surface area contributed by atoms with Gasteiger partial charge in [-0.25, -0.2) is 0 Å². The normalized spacial score (nSPS) is 15.3. The second-order valence-electron chi connectivity index (χ2n) is 5.42. The summed E-state index contributed by atoms with van der Waals surface area (Å²) >= 11 is 0. The number of para-hydroxylation sites is 1. The Bertz CT molecular complexity index is 369. The highest BCUT2D eigenvalue weighted by Crippen LogP contribution is 2.18. The van der Waals surface area contributed by atoms with Crippen LogP contribution in [0.1, 0.15) is 40.0 Å². The molecule has 0 aromatic heterocycles. The predicted octanol–water partition coefficient (Wildman–Crippen LogP) is 3.43. The molecule has 1 aromatic rings. The molecule has 0 fully saturated rings. The topological polar surface area (TPSA) is 47.9 Å². The summed E-state index contributed by atoms with van der Waals surface area (Å²) in [4.78, 5) is 0. The second-order valence-corrected chi connectivity index (χ2v) is 5.42. The van der Waals surface area contributed by atoms with Crippen molar-refractivity contribution in [3.8, 4) is 5.75 Å². The molecular weight excluding hydrogens is 280 g/mol. The lowest BCUT2D eigenvalue weighted by molar-refractivity contribution is -0.109. The molecule has 126 valence electrons. The molecule has 0 spiro atoms. The molecule has 1 N–H and O–H groups in total. The van der Waals surface area contributed by atoms with Gasteiger partial charge in [-0.3, -0.25) is 0 Å². The SMILES string of the molecule is CCCCO[C@@H](C)[C@H](Oc1ccccc1)[C@H](CO)OCCC. The molecule has 0 bridgehead atoms. The Morgan fingerprint density at radius 1 is 1.00 bits per heavy atom. The van der Waals surface area contributed by atoms with Gasteiger partial charge in [-0.2, -0.15) is 0 Å². The van der Waals surface area contributed by atoms with Crippen molar-refractivity contribution in [2.24, 2.45) is 0 Å². The van der Waals surface area contributed by atoms with Crippen LogP contribution in [0.15, 0.2) is 30.3 Å². The highest BCUT2D eigenvalue weighted by Gasteiger charge is 2.30. The molecule has 1 aromatic carbocycles. The molecule has 0 radical (unpaired) electrons. The van der Waals surface area contributed by atoms with Crippen LogP contribution in [0.2, 0.25) is 0 Å². The van der Waals surface area contributed by atoms with Crippen LogP contribution in [0.5, 0.6) is 5.75 Å². The number of ether oxygens (including phenoxy) is 3. The molecular formula is C18H30O4. The quantitative estimate of drug-likeness (QED) is 0.601. The number of hydrogen-bond donors (Lipinski definition) is 1. The Hall–Kier alpha value is -1.10. The number of rotatable bonds is 12. The van der Waals surface area contributed by atoms with Gasteiger partial charge in [0.2, 0.25) is 0 Å². The molecule has 0 aliphatic heterocycles. The van der Waals surface area contributed by atoms with E-state index in [4.69, 9.17) is 14.2 Å². The molecule has 0 amide bonds. The highest BCUT2D eigenvalue weighted by atomic mass is 16.6. The summed E-state index contributed by atoms with van der Waals surface area (Å²) in [6, 6.07) is 9.60. The minimum absolute atomic E-state index is 0.0843. The van der Waals surface area contributed by atoms with E-state index in [9.17, 15) is 5.11 Å². The fraction of sp³-hybridized carbons (Fsp3) is 0.667. The van der Waals surface area contributed by atoms with E-state index in [0.717, 1.165) is 25.0 Å². The molecule has 4 heteroatoms. The summed E-state index contributed by atoms with van der Waals surface area (Å²) in [5.41, 5.74) is 0. The molecule has 1 rings (SSSR count). The maximum atomic E-state index is 9.66. The lowest BCUT2D eigenvalue weighted by Crippen LogP contribution is -2.45. The Morgan fingerprint density at radius 3 is 2.32 bits per heavy atom. The maximum Gasteiger partial charge on any atom is 0.153 e. The number of benzene rings is 1. The molecule has 0 unspecified atom stereocenters. The van der Waals surface area contributed by atoms with Crippen LogP contribution in [-0.4, -0.2) is 43.2 Å². The average molecular weight is 310 g/mol. The van der Waals surface area contributed by atoms with Gasteiger partial charge in [0.05, 0.1) is 12.7 Å². The Kier molecular flexibility index (Phi) is 9.87. The monoisotopic (exact) mass is 310 g/mol. The van der Waals surface area contributed by atoms with E-state index in [-0.39, 0.29) is 18.8 Å². The Morgan fingerprint density at radius 2 is 1.73 bits per heavy atom. The van der Waals surface area contributed by atoms with Gasteiger partial charge in [0, 0.05) is 13.2 Å². The second kappa shape index (κ2) is 11.5. The molecule has 0 saturated carbocycles. The molecule has 22 heavy (non-hydrogen) atoms. The van der Waals surface area contributed by atoms with Gasteiger partial charge < -0.3 is 19.3 Å². The zero-order valence-electron chi connectivity index (χ0n) is 14.0. The number of unbranched alkanes of at least 4 members (excludes halogenated alkanes) is 1. The third-order valence-electron chi connectivity index (χ3n) is 3.44. The van der Waals surface area contributed by atoms with E-state index < -0.39 is 6.10 Å². The van der Waals surface area contributed by atoms with E-state index in [2.05, 4.69) is 6.92 Å². The first-order valence-electron chi connectivity index (χ1n) is 8.28. The van der Waals surface area contributed by atoms with E-state index in [1.54, 1.807) is 0 Å². The first kappa shape index (κ1) is 18.9. The van der Waals surface area contributed by atoms with E-state index in [0.29, 0.717) is 13.2 Å². The molecule has 3 atom stereocenters. The summed E-state index contributed by atoms with van der Waals surface area (Å²) < 4.78 is 17.7. The first-order valence-corrected chi connectivity index (χ1v) is 8.28. The zero-order valence-corrected chi connectivity index (χ0v) is 14.0. The summed E-state index contributed by atoms with van der Waals surface area (Å²) in [6.07, 6.45) is 2.13. The van der Waals surface area contributed by atoms with Crippen molar-refractivity contribution in [3.63, 3.8) is 0 Å². The van der Waals surface area contributed by atoms with Gasteiger partial charge in [0.15, 0.2) is 6.10 Å². The van der Waals surface area contributed by atoms with Gasteiger partial charge in [-0.1, -0.05) is 38.5 Å². The van der Waals surface area contributed by atoms with Gasteiger partial charge in [-0.05, 0) is 31.9 Å². The highest BCUT2D eigenvalue weighted by molar-refractivity contribution is 5.21. The molecule has 0 aliphatic rings. The maximum absolute atomic E-state index is 9.66. The summed E-state index contributed by atoms with van der Waals surface area (Å²) in [5, 5.41) is 9.66. The lowest BCUT2D eigenvalue weighted by atomic mass is 10.1. The van der Waals surface area contributed by atoms with Crippen molar-refractivity contribution >= 4 is 0 Å². The van der Waals surface area contributed by atoms with E-state index >= 15 is 0 Å². The van der Waals surface area contributed by atoms with Crippen LogP contribution >= 0.6 is 0 Å². The van der Waals surface area contributed by atoms with Gasteiger partial charge in [-0.15, -0.1) is 0 Å². The molecule has 0 heterocycles. The van der Waals surface area contributed by atoms with Crippen LogP contribution in [-0.2, 0) is 9.47 Å². The summed E-state index contributed by atoms with van der Waals surface area (Å²) in [6.45, 7) is 7.36. The fourth-order valence-corrected chi connectivity index (χ4v) is 2.16. The van der Waals surface area contributed by atoms with Crippen LogP contribution in [0, 0.1) is 0 Å². The standard InChI is InChI=1S/C18H30O4/c1-4-6-13-20-15(3)18(17(14-19)21-12-5-2)22-16-10-8-7-9-11-16/h7-11,15,17-19H,4-6,12-14H2,1-3H3/t15-,17-,18-/m0/s1. The van der Waals surface area contributed by atoms with Crippen molar-refractivity contribution in [2.45, 2.75) is 58.3 Å². The number of aliphatic hydroxyl groups excluding tert-OH is 1. The molecule has 4 nitrogen and oxygen atoms in total. The van der Waals surface area contributed by atoms with Crippen LogP contribution in [0.3, 0.4) is 0 Å². The first-order chi connectivity index (χ1) is 10.7. The van der Waals surface area contributed by atoms with Crippen LogP contribution in [0.25, 0.3) is 0 Å². The van der Waals surface area contributed by atoms with Gasteiger partial charge in [0.1, 0.15) is 11.9 Å². The van der Waals surface area contributed by atoms with Crippen molar-refractivity contribution in [1.82, 2.24) is 0 Å². The zero-order chi connectivity index (χ0) is 16.2. The third-order valence-corrected chi connectivity index (χ3v) is 3.44. The average Bonchev–Trinajstić information content (AvgIpc) is 2.55. The van der Waals surface area contributed by atoms with E-state index in [1.165, 1.54) is 0 Å². The van der Waals surface area contributed by atoms with Crippen molar-refractivity contribution in [3.05, 3.63) is 30.3 Å². The smallest absolute Gasteiger partial charge is 0.153 e. The minimum atomic E-state index is -0.392. The predicted molar refractivity (Wildman–Crippen MR) is 88.3 cm³/mol. The molecule has 0 saturated heterocycles. The van der Waals surface area contributed by atoms with Crippen molar-refractivity contribution in [2.75, 3.05) is 19.8 Å². The van der Waals surface area contributed by atoms with Gasteiger partial charge >= 0.3 is 0 Å². The largest absolute Gasteiger partial charge is 0.485 e. The number of hydrogen-bond acceptors (Lipinski definition) is 4. The number of aliphatic hydroxyl groups is 1. The van der Waals surface area contributed by atoms with Crippen LogP contribution in [0.4, 0.5) is 0 Å². The fourth-order valence-electron chi connectivity index (χ4n) is 2.16. The van der Waals surface area contributed by atoms with E-state index in [1.807, 2.05) is 44.2 Å². The van der Waals surface area contributed by atoms with Crippen LogP contribution < -0.4 is 4.74 Å². The summed E-state index contributed by atoms with van der Waals surface area (Å²) in [7, 11) is 0. The Balaban J connectivity index is 2.73. The molecule has 0 aliphatic carbocycles. The van der Waals surface area contributed by atoms with Gasteiger partial charge in [0.25, 0.3) is 0 Å². The van der Waals surface area contributed by atoms with Crippen molar-refractivity contribution in [1.29, 1.82) is 0 Å². The minimum Gasteiger partial charge on any atom is -0.485 e. The lowest BCUT2D eigenvalue weighted by Gasteiger charge is -2.31. The van der Waals surface area contributed by atoms with Crippen molar-refractivity contribution < 1.29 is 19.3 Å². The Labute approximate surface area is 134 Å². The third kappa shape index (κ3) is 6.77. The summed E-state index contributed by atoms with van der Waals surface area (Å²) in [5.74, 6) is 0.761.